The molecule has 2 heterocycles. The van der Waals surface area contributed by atoms with Crippen LogP contribution in [0.1, 0.15) is 6.42 Å². The molecule has 1 aromatic carbocycles. The van der Waals surface area contributed by atoms with E-state index in [0.717, 1.165) is 37.6 Å². The second-order valence-corrected chi connectivity index (χ2v) is 5.19. The Morgan fingerprint density at radius 3 is 3.00 bits per heavy atom. The normalized spacial score (nSPS) is 17.1. The largest absolute Gasteiger partial charge is 0.486 e. The molecule has 7 nitrogen and oxygen atoms in total. The molecule has 0 aliphatic carbocycles. The molecule has 0 N–H and O–H groups in total. The molecular formula is C14H19N5O2. The second-order valence-electron chi connectivity index (χ2n) is 5.19. The Labute approximate surface area is 123 Å². The molecule has 0 saturated carbocycles. The van der Waals surface area contributed by atoms with Crippen molar-refractivity contribution in [3.05, 3.63) is 30.6 Å². The highest BCUT2D eigenvalue weighted by Gasteiger charge is 2.21. The van der Waals surface area contributed by atoms with Crippen LogP contribution >= 0.6 is 0 Å². The van der Waals surface area contributed by atoms with Crippen LogP contribution in [0.25, 0.3) is 0 Å². The van der Waals surface area contributed by atoms with Gasteiger partial charge in [0.15, 0.2) is 11.5 Å². The molecule has 0 spiro atoms. The summed E-state index contributed by atoms with van der Waals surface area (Å²) in [7, 11) is 2.09. The van der Waals surface area contributed by atoms with Crippen LogP contribution in [0.3, 0.4) is 0 Å². The molecule has 7 heteroatoms. The lowest BCUT2D eigenvalue weighted by atomic mass is 10.2. The van der Waals surface area contributed by atoms with Crippen molar-refractivity contribution in [3.63, 3.8) is 0 Å². The summed E-state index contributed by atoms with van der Waals surface area (Å²) in [5.74, 6) is 1.66. The van der Waals surface area contributed by atoms with Gasteiger partial charge >= 0.3 is 0 Å². The zero-order valence-electron chi connectivity index (χ0n) is 12.1. The van der Waals surface area contributed by atoms with Gasteiger partial charge in [0.25, 0.3) is 0 Å². The van der Waals surface area contributed by atoms with Crippen LogP contribution in [0.5, 0.6) is 11.5 Å². The van der Waals surface area contributed by atoms with Crippen molar-refractivity contribution in [1.29, 1.82) is 0 Å². The van der Waals surface area contributed by atoms with E-state index in [4.69, 9.17) is 9.47 Å². The molecule has 0 bridgehead atoms. The Bertz CT molecular complexity index is 560. The molecule has 1 aliphatic heterocycles. The van der Waals surface area contributed by atoms with Gasteiger partial charge in [-0.1, -0.05) is 12.1 Å². The summed E-state index contributed by atoms with van der Waals surface area (Å²) in [4.78, 5) is 2.24. The van der Waals surface area contributed by atoms with Gasteiger partial charge in [-0.2, -0.15) is 0 Å². The Morgan fingerprint density at radius 1 is 1.33 bits per heavy atom. The predicted molar refractivity (Wildman–Crippen MR) is 76.3 cm³/mol. The first-order valence-electron chi connectivity index (χ1n) is 7.09. The van der Waals surface area contributed by atoms with Gasteiger partial charge in [-0.25, -0.2) is 4.68 Å². The summed E-state index contributed by atoms with van der Waals surface area (Å²) in [6, 6.07) is 7.79. The second kappa shape index (κ2) is 6.53. The smallest absolute Gasteiger partial charge is 0.161 e. The summed E-state index contributed by atoms with van der Waals surface area (Å²) < 4.78 is 13.4. The van der Waals surface area contributed by atoms with Gasteiger partial charge < -0.3 is 14.4 Å². The maximum absolute atomic E-state index is 5.95. The van der Waals surface area contributed by atoms with Crippen LogP contribution in [0.15, 0.2) is 30.6 Å². The monoisotopic (exact) mass is 289 g/mol. The highest BCUT2D eigenvalue weighted by atomic mass is 16.6. The number of hydrogen-bond acceptors (Lipinski definition) is 6. The van der Waals surface area contributed by atoms with Gasteiger partial charge in [-0.15, -0.1) is 5.10 Å². The van der Waals surface area contributed by atoms with E-state index in [0.29, 0.717) is 6.61 Å². The molecule has 1 atom stereocenters. The molecule has 2 aromatic rings. The number of nitrogens with zero attached hydrogens (tertiary/aromatic N) is 5. The van der Waals surface area contributed by atoms with Crippen LogP contribution in [-0.4, -0.2) is 58.0 Å². The summed E-state index contributed by atoms with van der Waals surface area (Å²) in [6.07, 6.45) is 2.69. The van der Waals surface area contributed by atoms with Crippen molar-refractivity contribution in [1.82, 2.24) is 25.1 Å². The molecule has 1 aliphatic rings. The van der Waals surface area contributed by atoms with Crippen LogP contribution in [0, 0.1) is 0 Å². The summed E-state index contributed by atoms with van der Waals surface area (Å²) in [6.45, 7) is 3.21. The molecule has 21 heavy (non-hydrogen) atoms. The summed E-state index contributed by atoms with van der Waals surface area (Å²) in [5, 5.41) is 11.1. The number of aromatic nitrogens is 4. The molecule has 0 radical (unpaired) electrons. The van der Waals surface area contributed by atoms with Gasteiger partial charge in [0, 0.05) is 13.1 Å². The lowest BCUT2D eigenvalue weighted by Crippen LogP contribution is -2.39. The number of aryl methyl sites for hydroxylation is 1. The maximum atomic E-state index is 5.95. The molecule has 1 unspecified atom stereocenters. The van der Waals surface area contributed by atoms with E-state index >= 15 is 0 Å². The van der Waals surface area contributed by atoms with E-state index in [2.05, 4.69) is 27.5 Å². The van der Waals surface area contributed by atoms with Crippen LogP contribution in [0.4, 0.5) is 0 Å². The third-order valence-electron chi connectivity index (χ3n) is 3.40. The Kier molecular flexibility index (Phi) is 4.30. The van der Waals surface area contributed by atoms with E-state index in [1.165, 1.54) is 0 Å². The molecule has 112 valence electrons. The van der Waals surface area contributed by atoms with E-state index in [-0.39, 0.29) is 6.10 Å². The predicted octanol–water partition coefficient (Wildman–Crippen LogP) is 0.835. The SMILES string of the molecule is CN(CCCn1cnnn1)CC1COc2ccccc2O1. The number of para-hydroxylation sites is 2. The fraction of sp³-hybridized carbons (Fsp3) is 0.500. The Balaban J connectivity index is 1.42. The lowest BCUT2D eigenvalue weighted by Gasteiger charge is -2.29. The van der Waals surface area contributed by atoms with E-state index in [1.54, 1.807) is 11.0 Å². The quantitative estimate of drug-likeness (QED) is 0.785. The fourth-order valence-corrected chi connectivity index (χ4v) is 2.38. The first kappa shape index (κ1) is 13.8. The van der Waals surface area contributed by atoms with Crippen molar-refractivity contribution < 1.29 is 9.47 Å². The average Bonchev–Trinajstić information content (AvgIpc) is 3.00. The van der Waals surface area contributed by atoms with E-state index in [9.17, 15) is 0 Å². The number of benzene rings is 1. The van der Waals surface area contributed by atoms with Crippen molar-refractivity contribution in [2.75, 3.05) is 26.7 Å². The topological polar surface area (TPSA) is 65.3 Å². The molecule has 0 amide bonds. The first-order valence-corrected chi connectivity index (χ1v) is 7.09. The minimum atomic E-state index is 0.0675. The van der Waals surface area contributed by atoms with Crippen molar-refractivity contribution in [2.45, 2.75) is 19.1 Å². The number of ether oxygens (including phenoxy) is 2. The van der Waals surface area contributed by atoms with Gasteiger partial charge in [0.05, 0.1) is 0 Å². The molecule has 1 aromatic heterocycles. The van der Waals surface area contributed by atoms with E-state index < -0.39 is 0 Å². The highest BCUT2D eigenvalue weighted by Crippen LogP contribution is 2.30. The third-order valence-corrected chi connectivity index (χ3v) is 3.40. The Hall–Kier alpha value is -2.15. The Morgan fingerprint density at radius 2 is 2.19 bits per heavy atom. The van der Waals surface area contributed by atoms with Crippen molar-refractivity contribution in [3.8, 4) is 11.5 Å². The zero-order valence-corrected chi connectivity index (χ0v) is 12.1. The number of fused-ring (bicyclic) bond motifs is 1. The average molecular weight is 289 g/mol. The molecule has 0 fully saturated rings. The van der Waals surface area contributed by atoms with Crippen LogP contribution < -0.4 is 9.47 Å². The van der Waals surface area contributed by atoms with Crippen molar-refractivity contribution in [2.24, 2.45) is 0 Å². The van der Waals surface area contributed by atoms with Crippen LogP contribution in [0.2, 0.25) is 0 Å². The minimum absolute atomic E-state index is 0.0675. The number of hydrogen-bond donors (Lipinski definition) is 0. The zero-order chi connectivity index (χ0) is 14.5. The van der Waals surface area contributed by atoms with Crippen LogP contribution in [-0.2, 0) is 6.54 Å². The molecule has 0 saturated heterocycles. The fourth-order valence-electron chi connectivity index (χ4n) is 2.38. The molecule has 3 rings (SSSR count). The van der Waals surface area contributed by atoms with Gasteiger partial charge in [0.1, 0.15) is 19.0 Å². The van der Waals surface area contributed by atoms with Gasteiger partial charge in [0.2, 0.25) is 0 Å². The number of likely N-dealkylation sites (N-methyl/N-ethyl adjacent to an activating group) is 1. The van der Waals surface area contributed by atoms with Crippen molar-refractivity contribution >= 4 is 0 Å². The minimum Gasteiger partial charge on any atom is -0.486 e. The standard InChI is InChI=1S/C14H19N5O2/c1-18(7-4-8-19-11-15-16-17-19)9-12-10-20-13-5-2-3-6-14(13)21-12/h2-3,5-6,11-12H,4,7-10H2,1H3. The molecular weight excluding hydrogens is 270 g/mol. The highest BCUT2D eigenvalue weighted by molar-refractivity contribution is 5.40. The first-order chi connectivity index (χ1) is 10.3. The maximum Gasteiger partial charge on any atom is 0.161 e. The number of tetrazole rings is 1. The lowest BCUT2D eigenvalue weighted by molar-refractivity contribution is 0.0649. The third kappa shape index (κ3) is 3.69. The van der Waals surface area contributed by atoms with E-state index in [1.807, 2.05) is 24.3 Å². The van der Waals surface area contributed by atoms with Gasteiger partial charge in [-0.05, 0) is 42.6 Å². The van der Waals surface area contributed by atoms with Gasteiger partial charge in [-0.3, -0.25) is 0 Å². The summed E-state index contributed by atoms with van der Waals surface area (Å²) in [5.41, 5.74) is 0. The summed E-state index contributed by atoms with van der Waals surface area (Å²) >= 11 is 0. The number of rotatable bonds is 6.